The molecule has 0 saturated carbocycles. The minimum Gasteiger partial charge on any atom is -0.384 e. The zero-order valence-electron chi connectivity index (χ0n) is 15.8. The lowest BCUT2D eigenvalue weighted by atomic mass is 9.93. The van der Waals surface area contributed by atoms with Crippen LogP contribution in [-0.2, 0) is 11.8 Å². The van der Waals surface area contributed by atoms with Gasteiger partial charge in [-0.05, 0) is 41.8 Å². The molecule has 1 saturated heterocycles. The molecule has 0 aliphatic carbocycles. The van der Waals surface area contributed by atoms with Crippen LogP contribution in [-0.4, -0.2) is 54.3 Å². The summed E-state index contributed by atoms with van der Waals surface area (Å²) < 4.78 is 4.39. The van der Waals surface area contributed by atoms with Crippen molar-refractivity contribution in [3.05, 3.63) is 34.8 Å². The largest absolute Gasteiger partial charge is 0.384 e. The first-order valence-corrected chi connectivity index (χ1v) is 10.1. The number of fused-ring (bicyclic) bond motifs is 1. The number of carbonyl (C=O) groups excluding carboxylic acids is 1. The van der Waals surface area contributed by atoms with Gasteiger partial charge in [0, 0.05) is 49.6 Å². The number of amides is 1. The summed E-state index contributed by atoms with van der Waals surface area (Å²) in [5.74, 6) is 0.477. The predicted octanol–water partition coefficient (Wildman–Crippen LogP) is 2.17. The van der Waals surface area contributed by atoms with Crippen LogP contribution in [0.5, 0.6) is 0 Å². The molecule has 148 valence electrons. The molecule has 8 nitrogen and oxygen atoms in total. The van der Waals surface area contributed by atoms with E-state index in [2.05, 4.69) is 21.0 Å². The number of aliphatic hydroxyl groups excluding tert-OH is 1. The van der Waals surface area contributed by atoms with Gasteiger partial charge in [0.2, 0.25) is 0 Å². The molecule has 3 N–H and O–H groups in total. The Balaban J connectivity index is 1.68. The number of nitrogens with two attached hydrogens (primary N) is 1. The van der Waals surface area contributed by atoms with Gasteiger partial charge < -0.3 is 20.3 Å². The van der Waals surface area contributed by atoms with Crippen LogP contribution in [0.2, 0.25) is 0 Å². The summed E-state index contributed by atoms with van der Waals surface area (Å²) in [6, 6.07) is 2.02. The second-order valence-electron chi connectivity index (χ2n) is 7.33. The van der Waals surface area contributed by atoms with E-state index in [1.54, 1.807) is 15.6 Å². The van der Waals surface area contributed by atoms with Crippen molar-refractivity contribution in [2.24, 2.45) is 7.05 Å². The molecule has 0 unspecified atom stereocenters. The van der Waals surface area contributed by atoms with Gasteiger partial charge in [-0.1, -0.05) is 0 Å². The number of aromatic nitrogens is 4. The van der Waals surface area contributed by atoms with Gasteiger partial charge in [-0.25, -0.2) is 4.98 Å². The number of nitrogen functional groups attached to an aromatic ring is 1. The van der Waals surface area contributed by atoms with E-state index in [0.29, 0.717) is 18.9 Å². The van der Waals surface area contributed by atoms with E-state index < -0.39 is 6.10 Å². The fraction of sp³-hybridized carbons (Fsp3) is 0.421. The maximum absolute atomic E-state index is 12.0. The van der Waals surface area contributed by atoms with E-state index in [1.165, 1.54) is 6.92 Å². The summed E-state index contributed by atoms with van der Waals surface area (Å²) in [5.41, 5.74) is 9.94. The summed E-state index contributed by atoms with van der Waals surface area (Å²) in [6.07, 6.45) is 6.37. The van der Waals surface area contributed by atoms with Crippen LogP contribution in [0.3, 0.4) is 0 Å². The molecule has 4 heterocycles. The highest BCUT2D eigenvalue weighted by Crippen LogP contribution is 2.37. The Bertz CT molecular complexity index is 1030. The van der Waals surface area contributed by atoms with Gasteiger partial charge in [0.1, 0.15) is 11.9 Å². The fourth-order valence-corrected chi connectivity index (χ4v) is 4.37. The van der Waals surface area contributed by atoms with E-state index in [0.717, 1.165) is 39.8 Å². The number of aryl methyl sites for hydroxylation is 1. The van der Waals surface area contributed by atoms with Gasteiger partial charge in [0.05, 0.1) is 16.4 Å². The molecular formula is C19H23BrN6O2. The Morgan fingerprint density at radius 1 is 1.39 bits per heavy atom. The number of nitrogens with zero attached hydrogens (tertiary/aromatic N) is 5. The van der Waals surface area contributed by atoms with E-state index in [4.69, 9.17) is 10.7 Å². The van der Waals surface area contributed by atoms with Gasteiger partial charge in [0.25, 0.3) is 5.91 Å². The molecule has 0 spiro atoms. The van der Waals surface area contributed by atoms with Crippen molar-refractivity contribution in [3.8, 4) is 11.1 Å². The zero-order valence-corrected chi connectivity index (χ0v) is 17.4. The van der Waals surface area contributed by atoms with Gasteiger partial charge in [-0.2, -0.15) is 9.61 Å². The Morgan fingerprint density at radius 2 is 2.11 bits per heavy atom. The molecule has 1 atom stereocenters. The Morgan fingerprint density at radius 3 is 2.71 bits per heavy atom. The Kier molecular flexibility index (Phi) is 4.88. The highest BCUT2D eigenvalue weighted by atomic mass is 79.9. The monoisotopic (exact) mass is 446 g/mol. The number of hydrogen-bond donors (Lipinski definition) is 2. The fourth-order valence-electron chi connectivity index (χ4n) is 3.79. The highest BCUT2D eigenvalue weighted by Gasteiger charge is 2.29. The van der Waals surface area contributed by atoms with Gasteiger partial charge >= 0.3 is 0 Å². The summed E-state index contributed by atoms with van der Waals surface area (Å²) >= 11 is 3.60. The number of likely N-dealkylation sites (tertiary alicyclic amines) is 1. The third kappa shape index (κ3) is 3.18. The van der Waals surface area contributed by atoms with Crippen molar-refractivity contribution in [1.29, 1.82) is 0 Å². The molecule has 28 heavy (non-hydrogen) atoms. The Hall–Kier alpha value is -2.39. The lowest BCUT2D eigenvalue weighted by Crippen LogP contribution is -2.42. The molecule has 1 amide bonds. The molecule has 9 heteroatoms. The lowest BCUT2D eigenvalue weighted by molar-refractivity contribution is -0.140. The van der Waals surface area contributed by atoms with Crippen LogP contribution < -0.4 is 5.73 Å². The predicted molar refractivity (Wildman–Crippen MR) is 110 cm³/mol. The Labute approximate surface area is 171 Å². The van der Waals surface area contributed by atoms with Gasteiger partial charge in [-0.3, -0.25) is 4.79 Å². The molecule has 4 rings (SSSR count). The molecule has 0 radical (unpaired) electrons. The molecule has 0 bridgehead atoms. The number of rotatable bonds is 3. The summed E-state index contributed by atoms with van der Waals surface area (Å²) in [5, 5.41) is 13.9. The van der Waals surface area contributed by atoms with Crippen molar-refractivity contribution in [2.45, 2.75) is 31.8 Å². The number of carbonyl (C=O) groups is 1. The first kappa shape index (κ1) is 18.9. The topological polar surface area (TPSA) is 102 Å². The lowest BCUT2D eigenvalue weighted by Gasteiger charge is -2.33. The average Bonchev–Trinajstić information content (AvgIpc) is 3.30. The maximum Gasteiger partial charge on any atom is 0.251 e. The normalized spacial score (nSPS) is 16.6. The number of halogens is 1. The van der Waals surface area contributed by atoms with Crippen molar-refractivity contribution in [1.82, 2.24) is 24.1 Å². The zero-order chi connectivity index (χ0) is 20.0. The minimum absolute atomic E-state index is 0.179. The SMILES string of the molecule is C[C@@H](O)C(=O)N1CCC(c2nc3c(-c4ccn(C)c4)cnn3c(N)c2Br)CC1. The molecule has 3 aromatic rings. The van der Waals surface area contributed by atoms with E-state index >= 15 is 0 Å². The molecule has 0 aromatic carbocycles. The molecule has 1 aliphatic heterocycles. The molecular weight excluding hydrogens is 424 g/mol. The van der Waals surface area contributed by atoms with Crippen LogP contribution in [0.25, 0.3) is 16.8 Å². The highest BCUT2D eigenvalue weighted by molar-refractivity contribution is 9.10. The third-order valence-corrected chi connectivity index (χ3v) is 6.15. The summed E-state index contributed by atoms with van der Waals surface area (Å²) in [6.45, 7) is 2.70. The summed E-state index contributed by atoms with van der Waals surface area (Å²) in [7, 11) is 1.97. The number of aliphatic hydroxyl groups is 1. The first-order valence-electron chi connectivity index (χ1n) is 9.28. The van der Waals surface area contributed by atoms with Crippen LogP contribution in [0.15, 0.2) is 29.1 Å². The molecule has 3 aromatic heterocycles. The maximum atomic E-state index is 12.0. The number of piperidine rings is 1. The first-order chi connectivity index (χ1) is 13.4. The molecule has 1 fully saturated rings. The number of anilines is 1. The van der Waals surface area contributed by atoms with Crippen LogP contribution in [0.4, 0.5) is 5.82 Å². The van der Waals surface area contributed by atoms with Gasteiger partial charge in [0.15, 0.2) is 5.65 Å². The van der Waals surface area contributed by atoms with Crippen molar-refractivity contribution < 1.29 is 9.90 Å². The van der Waals surface area contributed by atoms with Gasteiger partial charge in [-0.15, -0.1) is 0 Å². The van der Waals surface area contributed by atoms with Crippen LogP contribution >= 0.6 is 15.9 Å². The van der Waals surface area contributed by atoms with E-state index in [1.807, 2.05) is 30.1 Å². The van der Waals surface area contributed by atoms with Crippen molar-refractivity contribution in [3.63, 3.8) is 0 Å². The quantitative estimate of drug-likeness (QED) is 0.641. The van der Waals surface area contributed by atoms with E-state index in [9.17, 15) is 9.90 Å². The van der Waals surface area contributed by atoms with Crippen LogP contribution in [0.1, 0.15) is 31.4 Å². The van der Waals surface area contributed by atoms with Crippen molar-refractivity contribution >= 4 is 33.3 Å². The minimum atomic E-state index is -0.964. The third-order valence-electron chi connectivity index (χ3n) is 5.34. The second kappa shape index (κ2) is 7.21. The van der Waals surface area contributed by atoms with Crippen molar-refractivity contribution in [2.75, 3.05) is 18.8 Å². The summed E-state index contributed by atoms with van der Waals surface area (Å²) in [4.78, 5) is 18.7. The smallest absolute Gasteiger partial charge is 0.251 e. The van der Waals surface area contributed by atoms with Crippen LogP contribution in [0, 0.1) is 0 Å². The molecule has 1 aliphatic rings. The number of hydrogen-bond acceptors (Lipinski definition) is 5. The average molecular weight is 447 g/mol. The van der Waals surface area contributed by atoms with E-state index in [-0.39, 0.29) is 11.8 Å². The standard InChI is InChI=1S/C19H23BrN6O2/c1-11(27)19(28)25-7-4-12(5-8-25)16-15(20)17(21)26-18(23-16)14(9-22-26)13-3-6-24(2)10-13/h3,6,9-12,27H,4-5,7-8,21H2,1-2H3/t11-/m1/s1. The second-order valence-corrected chi connectivity index (χ2v) is 8.12.